The van der Waals surface area contributed by atoms with Gasteiger partial charge in [-0.2, -0.15) is 0 Å². The van der Waals surface area contributed by atoms with Gasteiger partial charge < -0.3 is 11.1 Å². The summed E-state index contributed by atoms with van der Waals surface area (Å²) in [6, 6.07) is 7.97. The van der Waals surface area contributed by atoms with Crippen molar-refractivity contribution >= 4 is 11.4 Å². The molecule has 0 heterocycles. The molecule has 3 N–H and O–H groups in total. The van der Waals surface area contributed by atoms with Gasteiger partial charge in [-0.05, 0) is 36.6 Å². The molecule has 90 valence electrons. The molecule has 0 saturated carbocycles. The first-order valence-electron chi connectivity index (χ1n) is 6.35. The number of hydrogen-bond donors (Lipinski definition) is 2. The van der Waals surface area contributed by atoms with Crippen LogP contribution in [0, 0.1) is 5.92 Å². The molecule has 1 aromatic carbocycles. The van der Waals surface area contributed by atoms with Crippen molar-refractivity contribution in [2.45, 2.75) is 39.5 Å². The monoisotopic (exact) mass is 220 g/mol. The minimum atomic E-state index is 0.789. The fourth-order valence-electron chi connectivity index (χ4n) is 1.81. The van der Waals surface area contributed by atoms with Crippen molar-refractivity contribution in [1.82, 2.24) is 0 Å². The molecule has 0 fully saturated rings. The second-order valence-electron chi connectivity index (χ2n) is 4.42. The van der Waals surface area contributed by atoms with E-state index in [1.807, 2.05) is 24.3 Å². The zero-order valence-electron chi connectivity index (χ0n) is 10.5. The van der Waals surface area contributed by atoms with Crippen molar-refractivity contribution in [3.05, 3.63) is 24.3 Å². The molecule has 1 unspecified atom stereocenters. The quantitative estimate of drug-likeness (QED) is 0.684. The van der Waals surface area contributed by atoms with Crippen LogP contribution in [-0.2, 0) is 0 Å². The van der Waals surface area contributed by atoms with E-state index in [-0.39, 0.29) is 0 Å². The van der Waals surface area contributed by atoms with Gasteiger partial charge in [0.2, 0.25) is 0 Å². The molecule has 2 heteroatoms. The van der Waals surface area contributed by atoms with Crippen LogP contribution in [0.2, 0.25) is 0 Å². The maximum absolute atomic E-state index is 5.65. The highest BCUT2D eigenvalue weighted by atomic mass is 14.9. The van der Waals surface area contributed by atoms with Gasteiger partial charge in [-0.3, -0.25) is 0 Å². The number of nitrogen functional groups attached to an aromatic ring is 1. The Hall–Kier alpha value is -1.18. The predicted molar refractivity (Wildman–Crippen MR) is 72.7 cm³/mol. The van der Waals surface area contributed by atoms with Crippen LogP contribution >= 0.6 is 0 Å². The van der Waals surface area contributed by atoms with Crippen LogP contribution in [0.4, 0.5) is 11.4 Å². The summed E-state index contributed by atoms with van der Waals surface area (Å²) in [7, 11) is 0. The van der Waals surface area contributed by atoms with Crippen LogP contribution in [0.5, 0.6) is 0 Å². The highest BCUT2D eigenvalue weighted by molar-refractivity contribution is 5.51. The fourth-order valence-corrected chi connectivity index (χ4v) is 1.81. The maximum atomic E-state index is 5.65. The predicted octanol–water partition coefficient (Wildman–Crippen LogP) is 3.90. The molecule has 0 aliphatic heterocycles. The third-order valence-corrected chi connectivity index (χ3v) is 3.05. The van der Waals surface area contributed by atoms with Gasteiger partial charge >= 0.3 is 0 Å². The Labute approximate surface area is 99.2 Å². The Morgan fingerprint density at radius 2 is 1.88 bits per heavy atom. The van der Waals surface area contributed by atoms with Gasteiger partial charge in [-0.1, -0.05) is 33.1 Å². The van der Waals surface area contributed by atoms with Crippen molar-refractivity contribution in [2.24, 2.45) is 5.92 Å². The number of rotatable bonds is 7. The Morgan fingerprint density at radius 1 is 1.19 bits per heavy atom. The number of unbranched alkanes of at least 4 members (excludes halogenated alkanes) is 1. The summed E-state index contributed by atoms with van der Waals surface area (Å²) >= 11 is 0. The van der Waals surface area contributed by atoms with Crippen molar-refractivity contribution in [3.63, 3.8) is 0 Å². The molecule has 0 spiro atoms. The zero-order valence-corrected chi connectivity index (χ0v) is 10.5. The Morgan fingerprint density at radius 3 is 2.44 bits per heavy atom. The molecule has 0 aliphatic carbocycles. The highest BCUT2D eigenvalue weighted by Gasteiger charge is 2.04. The SMILES string of the molecule is CCCCC(CC)CNc1ccc(N)cc1. The first-order chi connectivity index (χ1) is 7.76. The van der Waals surface area contributed by atoms with Crippen molar-refractivity contribution < 1.29 is 0 Å². The van der Waals surface area contributed by atoms with E-state index in [9.17, 15) is 0 Å². The van der Waals surface area contributed by atoms with Crippen LogP contribution in [-0.4, -0.2) is 6.54 Å². The van der Waals surface area contributed by atoms with Crippen molar-refractivity contribution in [2.75, 3.05) is 17.6 Å². The molecule has 1 aromatic rings. The van der Waals surface area contributed by atoms with Crippen LogP contribution in [0.15, 0.2) is 24.3 Å². The minimum Gasteiger partial charge on any atom is -0.399 e. The fraction of sp³-hybridized carbons (Fsp3) is 0.571. The van der Waals surface area contributed by atoms with Gasteiger partial charge in [0, 0.05) is 17.9 Å². The molecule has 0 bridgehead atoms. The summed E-state index contributed by atoms with van der Waals surface area (Å²) in [4.78, 5) is 0. The van der Waals surface area contributed by atoms with E-state index in [4.69, 9.17) is 5.73 Å². The van der Waals surface area contributed by atoms with E-state index in [2.05, 4.69) is 19.2 Å². The lowest BCUT2D eigenvalue weighted by Crippen LogP contribution is -2.13. The van der Waals surface area contributed by atoms with Gasteiger partial charge in [0.25, 0.3) is 0 Å². The Balaban J connectivity index is 2.34. The Bertz CT molecular complexity index is 279. The van der Waals surface area contributed by atoms with Gasteiger partial charge in [-0.15, -0.1) is 0 Å². The smallest absolute Gasteiger partial charge is 0.0341 e. The molecule has 16 heavy (non-hydrogen) atoms. The molecule has 0 amide bonds. The van der Waals surface area contributed by atoms with Gasteiger partial charge in [0.15, 0.2) is 0 Å². The number of benzene rings is 1. The van der Waals surface area contributed by atoms with E-state index in [0.717, 1.165) is 18.2 Å². The minimum absolute atomic E-state index is 0.789. The number of nitrogens with one attached hydrogen (secondary N) is 1. The molecule has 2 nitrogen and oxygen atoms in total. The van der Waals surface area contributed by atoms with Crippen LogP contribution in [0.25, 0.3) is 0 Å². The average Bonchev–Trinajstić information content (AvgIpc) is 2.32. The average molecular weight is 220 g/mol. The highest BCUT2D eigenvalue weighted by Crippen LogP contribution is 2.15. The third-order valence-electron chi connectivity index (χ3n) is 3.05. The third kappa shape index (κ3) is 4.56. The molecular formula is C14H24N2. The van der Waals surface area contributed by atoms with Crippen molar-refractivity contribution in [3.8, 4) is 0 Å². The summed E-state index contributed by atoms with van der Waals surface area (Å²) < 4.78 is 0. The summed E-state index contributed by atoms with van der Waals surface area (Å²) in [6.07, 6.45) is 5.21. The molecular weight excluding hydrogens is 196 g/mol. The molecule has 0 aromatic heterocycles. The van der Waals surface area contributed by atoms with Gasteiger partial charge in [0.1, 0.15) is 0 Å². The van der Waals surface area contributed by atoms with E-state index in [1.165, 1.54) is 31.4 Å². The van der Waals surface area contributed by atoms with Crippen LogP contribution < -0.4 is 11.1 Å². The summed E-state index contributed by atoms with van der Waals surface area (Å²) in [6.45, 7) is 5.59. The lowest BCUT2D eigenvalue weighted by atomic mass is 9.99. The topological polar surface area (TPSA) is 38.0 Å². The lowest BCUT2D eigenvalue weighted by Gasteiger charge is -2.16. The maximum Gasteiger partial charge on any atom is 0.0341 e. The standard InChI is InChI=1S/C14H24N2/c1-3-5-6-12(4-2)11-16-14-9-7-13(15)8-10-14/h7-10,12,16H,3-6,11,15H2,1-2H3. The van der Waals surface area contributed by atoms with Crippen LogP contribution in [0.3, 0.4) is 0 Å². The van der Waals surface area contributed by atoms with E-state index < -0.39 is 0 Å². The van der Waals surface area contributed by atoms with Crippen molar-refractivity contribution in [1.29, 1.82) is 0 Å². The second kappa shape index (κ2) is 7.15. The van der Waals surface area contributed by atoms with E-state index in [1.54, 1.807) is 0 Å². The summed E-state index contributed by atoms with van der Waals surface area (Å²) in [5.41, 5.74) is 7.64. The molecule has 0 saturated heterocycles. The normalized spacial score (nSPS) is 12.4. The molecule has 0 radical (unpaired) electrons. The van der Waals surface area contributed by atoms with E-state index in [0.29, 0.717) is 0 Å². The van der Waals surface area contributed by atoms with Gasteiger partial charge in [-0.25, -0.2) is 0 Å². The number of nitrogens with two attached hydrogens (primary N) is 1. The van der Waals surface area contributed by atoms with Gasteiger partial charge in [0.05, 0.1) is 0 Å². The zero-order chi connectivity index (χ0) is 11.8. The number of hydrogen-bond acceptors (Lipinski definition) is 2. The largest absolute Gasteiger partial charge is 0.399 e. The first kappa shape index (κ1) is 12.9. The summed E-state index contributed by atoms with van der Waals surface area (Å²) in [5.74, 6) is 0.789. The van der Waals surface area contributed by atoms with E-state index >= 15 is 0 Å². The molecule has 1 atom stereocenters. The number of anilines is 2. The Kier molecular flexibility index (Phi) is 5.76. The summed E-state index contributed by atoms with van der Waals surface area (Å²) in [5, 5.41) is 3.48. The molecule has 0 aliphatic rings. The lowest BCUT2D eigenvalue weighted by molar-refractivity contribution is 0.473. The molecule has 1 rings (SSSR count). The van der Waals surface area contributed by atoms with Crippen LogP contribution in [0.1, 0.15) is 39.5 Å². The second-order valence-corrected chi connectivity index (χ2v) is 4.42. The first-order valence-corrected chi connectivity index (χ1v) is 6.35.